The predicted molar refractivity (Wildman–Crippen MR) is 95.0 cm³/mol. The van der Waals surface area contributed by atoms with Gasteiger partial charge in [0.25, 0.3) is 0 Å². The highest BCUT2D eigenvalue weighted by molar-refractivity contribution is 7.80. The molecule has 0 spiro atoms. The Morgan fingerprint density at radius 3 is 2.74 bits per heavy atom. The number of para-hydroxylation sites is 1. The van der Waals surface area contributed by atoms with Gasteiger partial charge in [-0.1, -0.05) is 36.4 Å². The van der Waals surface area contributed by atoms with Crippen LogP contribution in [0.3, 0.4) is 0 Å². The van der Waals surface area contributed by atoms with Crippen LogP contribution in [0.2, 0.25) is 0 Å². The number of nitrogens with one attached hydrogen (secondary N) is 1. The van der Waals surface area contributed by atoms with Crippen LogP contribution < -0.4 is 11.2 Å². The zero-order valence-electron chi connectivity index (χ0n) is 12.2. The van der Waals surface area contributed by atoms with Crippen molar-refractivity contribution in [3.05, 3.63) is 71.7 Å². The molecule has 0 radical (unpaired) electrons. The van der Waals surface area contributed by atoms with Crippen LogP contribution in [0.4, 0.5) is 4.39 Å². The van der Waals surface area contributed by atoms with Crippen molar-refractivity contribution < 1.29 is 4.39 Å². The van der Waals surface area contributed by atoms with Crippen molar-refractivity contribution in [3.63, 3.8) is 0 Å². The van der Waals surface area contributed by atoms with Crippen molar-refractivity contribution in [2.24, 2.45) is 10.8 Å². The van der Waals surface area contributed by atoms with E-state index in [1.165, 1.54) is 6.07 Å². The highest BCUT2D eigenvalue weighted by Gasteiger charge is 2.09. The molecule has 2 aromatic carbocycles. The second kappa shape index (κ2) is 6.58. The van der Waals surface area contributed by atoms with Crippen molar-refractivity contribution in [2.75, 3.05) is 0 Å². The van der Waals surface area contributed by atoms with Crippen LogP contribution in [0.25, 0.3) is 10.9 Å². The molecule has 116 valence electrons. The molecule has 0 bridgehead atoms. The lowest BCUT2D eigenvalue weighted by molar-refractivity contribution is 0.602. The number of nitrogens with two attached hydrogens (primary N) is 1. The second-order valence-corrected chi connectivity index (χ2v) is 5.49. The Morgan fingerprint density at radius 2 is 1.96 bits per heavy atom. The number of rotatable bonds is 4. The van der Waals surface area contributed by atoms with E-state index in [1.54, 1.807) is 18.3 Å². The van der Waals surface area contributed by atoms with Crippen molar-refractivity contribution in [2.45, 2.75) is 6.54 Å². The molecule has 0 atom stereocenters. The largest absolute Gasteiger partial charge is 0.375 e. The van der Waals surface area contributed by atoms with Crippen molar-refractivity contribution in [1.29, 1.82) is 0 Å². The lowest BCUT2D eigenvalue weighted by atomic mass is 10.2. The minimum Gasteiger partial charge on any atom is -0.375 e. The van der Waals surface area contributed by atoms with Gasteiger partial charge in [-0.25, -0.2) is 4.39 Å². The average molecular weight is 326 g/mol. The van der Waals surface area contributed by atoms with Gasteiger partial charge in [0.05, 0.1) is 12.8 Å². The molecule has 6 heteroatoms. The van der Waals surface area contributed by atoms with E-state index < -0.39 is 0 Å². The third-order valence-corrected chi connectivity index (χ3v) is 3.59. The average Bonchev–Trinajstić information content (AvgIpc) is 2.88. The van der Waals surface area contributed by atoms with Crippen LogP contribution in [-0.4, -0.2) is 15.9 Å². The normalized spacial score (nSPS) is 11.2. The van der Waals surface area contributed by atoms with E-state index in [1.807, 2.05) is 41.1 Å². The lowest BCUT2D eigenvalue weighted by Crippen LogP contribution is -2.23. The molecule has 0 fully saturated rings. The molecule has 3 N–H and O–H groups in total. The molecule has 0 unspecified atom stereocenters. The minimum absolute atomic E-state index is 0.108. The Balaban J connectivity index is 1.99. The van der Waals surface area contributed by atoms with Crippen LogP contribution >= 0.6 is 12.2 Å². The van der Waals surface area contributed by atoms with Crippen LogP contribution in [0, 0.1) is 5.82 Å². The van der Waals surface area contributed by atoms with Crippen LogP contribution in [0.15, 0.2) is 59.8 Å². The molecule has 0 aliphatic rings. The summed E-state index contributed by atoms with van der Waals surface area (Å²) in [5.41, 5.74) is 10.4. The van der Waals surface area contributed by atoms with E-state index in [0.717, 1.165) is 16.5 Å². The number of hydrogen-bond acceptors (Lipinski definition) is 2. The third kappa shape index (κ3) is 3.37. The molecule has 0 saturated carbocycles. The summed E-state index contributed by atoms with van der Waals surface area (Å²) in [6, 6.07) is 14.7. The summed E-state index contributed by atoms with van der Waals surface area (Å²) in [4.78, 5) is 0. The fraction of sp³-hybridized carbons (Fsp3) is 0.0588. The maximum absolute atomic E-state index is 13.9. The standard InChI is InChI=1S/C17H15FN4S/c18-15-7-3-1-5-12(15)10-22-11-13(9-20-21-17(19)23)14-6-2-4-8-16(14)22/h1-9,11H,10H2,(H3,19,21,23)/b20-9-. The molecular formula is C17H15FN4S. The highest BCUT2D eigenvalue weighted by Crippen LogP contribution is 2.21. The highest BCUT2D eigenvalue weighted by atomic mass is 32.1. The van der Waals surface area contributed by atoms with Gasteiger partial charge in [-0.05, 0) is 24.4 Å². The number of aromatic nitrogens is 1. The molecule has 23 heavy (non-hydrogen) atoms. The van der Waals surface area contributed by atoms with Crippen LogP contribution in [0.1, 0.15) is 11.1 Å². The van der Waals surface area contributed by atoms with Crippen LogP contribution in [0.5, 0.6) is 0 Å². The monoisotopic (exact) mass is 326 g/mol. The topological polar surface area (TPSA) is 55.3 Å². The van der Waals surface area contributed by atoms with Gasteiger partial charge < -0.3 is 10.3 Å². The fourth-order valence-electron chi connectivity index (χ4n) is 2.48. The van der Waals surface area contributed by atoms with Gasteiger partial charge in [0, 0.05) is 28.2 Å². The molecule has 0 aliphatic carbocycles. The van der Waals surface area contributed by atoms with E-state index in [9.17, 15) is 4.39 Å². The summed E-state index contributed by atoms with van der Waals surface area (Å²) in [6.45, 7) is 0.448. The van der Waals surface area contributed by atoms with Gasteiger partial charge >= 0.3 is 0 Å². The number of hydrazone groups is 1. The Hall–Kier alpha value is -2.73. The maximum Gasteiger partial charge on any atom is 0.184 e. The quantitative estimate of drug-likeness (QED) is 0.440. The first-order valence-electron chi connectivity index (χ1n) is 7.05. The maximum atomic E-state index is 13.9. The van der Waals surface area contributed by atoms with Gasteiger partial charge in [-0.3, -0.25) is 5.43 Å². The molecule has 1 heterocycles. The molecule has 1 aromatic heterocycles. The first-order chi connectivity index (χ1) is 11.1. The molecule has 0 amide bonds. The summed E-state index contributed by atoms with van der Waals surface area (Å²) < 4.78 is 15.9. The Kier molecular flexibility index (Phi) is 4.34. The predicted octanol–water partition coefficient (Wildman–Crippen LogP) is 3.00. The van der Waals surface area contributed by atoms with E-state index in [2.05, 4.69) is 10.5 Å². The van der Waals surface area contributed by atoms with Gasteiger partial charge in [0.2, 0.25) is 0 Å². The SMILES string of the molecule is NC(=S)N/N=C\c1cn(Cc2ccccc2F)c2ccccc12. The van der Waals surface area contributed by atoms with Gasteiger partial charge in [-0.2, -0.15) is 5.10 Å². The number of hydrogen-bond donors (Lipinski definition) is 2. The van der Waals surface area contributed by atoms with E-state index in [0.29, 0.717) is 12.1 Å². The van der Waals surface area contributed by atoms with Crippen molar-refractivity contribution in [3.8, 4) is 0 Å². The van der Waals surface area contributed by atoms with Gasteiger partial charge in [0.15, 0.2) is 5.11 Å². The number of halogens is 1. The number of thiocarbonyl (C=S) groups is 1. The van der Waals surface area contributed by atoms with Gasteiger partial charge in [-0.15, -0.1) is 0 Å². The number of benzene rings is 2. The number of fused-ring (bicyclic) bond motifs is 1. The Morgan fingerprint density at radius 1 is 1.22 bits per heavy atom. The Bertz CT molecular complexity index is 885. The molecule has 3 rings (SSSR count). The number of nitrogens with zero attached hydrogens (tertiary/aromatic N) is 2. The summed E-state index contributed by atoms with van der Waals surface area (Å²) in [7, 11) is 0. The third-order valence-electron chi connectivity index (χ3n) is 3.50. The first-order valence-corrected chi connectivity index (χ1v) is 7.46. The summed E-state index contributed by atoms with van der Waals surface area (Å²) in [5, 5.41) is 5.13. The Labute approximate surface area is 138 Å². The summed E-state index contributed by atoms with van der Waals surface area (Å²) in [5.74, 6) is -0.212. The van der Waals surface area contributed by atoms with E-state index in [-0.39, 0.29) is 10.9 Å². The zero-order valence-corrected chi connectivity index (χ0v) is 13.1. The van der Waals surface area contributed by atoms with E-state index in [4.69, 9.17) is 18.0 Å². The first kappa shape index (κ1) is 15.2. The second-order valence-electron chi connectivity index (χ2n) is 5.06. The fourth-order valence-corrected chi connectivity index (χ4v) is 2.54. The smallest absolute Gasteiger partial charge is 0.184 e. The van der Waals surface area contributed by atoms with Crippen molar-refractivity contribution in [1.82, 2.24) is 9.99 Å². The van der Waals surface area contributed by atoms with E-state index >= 15 is 0 Å². The minimum atomic E-state index is -0.212. The van der Waals surface area contributed by atoms with Crippen molar-refractivity contribution >= 4 is 34.4 Å². The molecule has 0 saturated heterocycles. The molecular weight excluding hydrogens is 311 g/mol. The molecule has 3 aromatic rings. The molecule has 0 aliphatic heterocycles. The van der Waals surface area contributed by atoms with Crippen LogP contribution in [-0.2, 0) is 6.54 Å². The summed E-state index contributed by atoms with van der Waals surface area (Å²) in [6.07, 6.45) is 3.58. The summed E-state index contributed by atoms with van der Waals surface area (Å²) >= 11 is 4.72. The van der Waals surface area contributed by atoms with Gasteiger partial charge in [0.1, 0.15) is 5.82 Å². The molecule has 4 nitrogen and oxygen atoms in total. The zero-order chi connectivity index (χ0) is 16.2. The lowest BCUT2D eigenvalue weighted by Gasteiger charge is -2.06.